The molecule has 1 aromatic carbocycles. The van der Waals surface area contributed by atoms with E-state index in [0.29, 0.717) is 25.0 Å². The van der Waals surface area contributed by atoms with E-state index < -0.39 is 23.2 Å². The van der Waals surface area contributed by atoms with Gasteiger partial charge in [-0.15, -0.1) is 11.3 Å². The lowest BCUT2D eigenvalue weighted by molar-refractivity contribution is -0.165. The molecule has 1 aliphatic carbocycles. The Morgan fingerprint density at radius 2 is 1.94 bits per heavy atom. The van der Waals surface area contributed by atoms with Gasteiger partial charge < -0.3 is 10.1 Å². The van der Waals surface area contributed by atoms with E-state index in [0.717, 1.165) is 57.3 Å². The van der Waals surface area contributed by atoms with Crippen molar-refractivity contribution >= 4 is 17.2 Å². The minimum absolute atomic E-state index is 0.0779. The molecule has 10 heteroatoms. The molecule has 1 aromatic heterocycles. The number of likely N-dealkylation sites (tertiary alicyclic amines) is 1. The van der Waals surface area contributed by atoms with Gasteiger partial charge in [-0.25, -0.2) is 4.39 Å². The molecule has 5 rings (SSSR count). The fraction of sp³-hybridized carbons (Fsp3) is 0.600. The Morgan fingerprint density at radius 1 is 1.17 bits per heavy atom. The first-order valence-corrected chi connectivity index (χ1v) is 13.0. The number of thiazole rings is 1. The van der Waals surface area contributed by atoms with Crippen LogP contribution < -0.4 is 5.32 Å². The summed E-state index contributed by atoms with van der Waals surface area (Å²) in [6.45, 7) is 2.26. The van der Waals surface area contributed by atoms with Crippen molar-refractivity contribution in [1.82, 2.24) is 15.2 Å². The lowest BCUT2D eigenvalue weighted by Gasteiger charge is -2.44. The third kappa shape index (κ3) is 5.39. The van der Waals surface area contributed by atoms with Crippen LogP contribution in [0, 0.1) is 11.7 Å². The lowest BCUT2D eigenvalue weighted by Crippen LogP contribution is -2.57. The molecule has 2 atom stereocenters. The molecule has 35 heavy (non-hydrogen) atoms. The normalized spacial score (nSPS) is 26.6. The van der Waals surface area contributed by atoms with E-state index in [-0.39, 0.29) is 30.0 Å². The smallest absolute Gasteiger partial charge is 0.363 e. The molecule has 2 aromatic rings. The number of rotatable bonds is 6. The SMILES string of the molecule is O=C(NCc1cc(F)cc(C(F)(F)F)c1)[C@@]1(C2CC2)CCC(N2CCC(c3cncs3)CC2)CO1. The maximum atomic E-state index is 13.7. The van der Waals surface area contributed by atoms with Gasteiger partial charge in [0, 0.05) is 23.7 Å². The number of carbonyl (C=O) groups is 1. The number of amides is 1. The number of alkyl halides is 3. The Morgan fingerprint density at radius 3 is 2.54 bits per heavy atom. The molecule has 3 heterocycles. The summed E-state index contributed by atoms with van der Waals surface area (Å²) in [5, 5.41) is 2.74. The molecule has 0 bridgehead atoms. The molecule has 2 aliphatic heterocycles. The topological polar surface area (TPSA) is 54.5 Å². The molecule has 1 unspecified atom stereocenters. The molecular formula is C25H29F4N3O2S. The maximum absolute atomic E-state index is 13.7. The van der Waals surface area contributed by atoms with Gasteiger partial charge in [0.1, 0.15) is 11.4 Å². The third-order valence-corrected chi connectivity index (χ3v) is 8.58. The summed E-state index contributed by atoms with van der Waals surface area (Å²) in [6, 6.07) is 2.62. The minimum atomic E-state index is -4.65. The summed E-state index contributed by atoms with van der Waals surface area (Å²) in [7, 11) is 0. The lowest BCUT2D eigenvalue weighted by atomic mass is 9.85. The summed E-state index contributed by atoms with van der Waals surface area (Å²) in [4.78, 5) is 21.2. The van der Waals surface area contributed by atoms with Crippen molar-refractivity contribution in [2.75, 3.05) is 19.7 Å². The highest BCUT2D eigenvalue weighted by atomic mass is 32.1. The molecule has 1 amide bonds. The van der Waals surface area contributed by atoms with Crippen LogP contribution in [0.4, 0.5) is 17.6 Å². The standard InChI is InChI=1S/C25H29F4N3O2S/c26-20-10-16(9-19(11-20)25(27,28)29)12-31-23(33)24(18-1-2-18)6-3-21(14-34-24)32-7-4-17(5-8-32)22-13-30-15-35-22/h9-11,13,15,17-18,21H,1-8,12,14H2,(H,31,33)/t21?,24-/m0/s1. The number of nitrogens with zero attached hydrogens (tertiary/aromatic N) is 2. The van der Waals surface area contributed by atoms with Gasteiger partial charge in [0.25, 0.3) is 5.91 Å². The van der Waals surface area contributed by atoms with Crippen molar-refractivity contribution in [2.45, 2.75) is 68.8 Å². The van der Waals surface area contributed by atoms with Crippen molar-refractivity contribution < 1.29 is 27.1 Å². The summed E-state index contributed by atoms with van der Waals surface area (Å²) in [5.41, 5.74) is -0.0518. The largest absolute Gasteiger partial charge is 0.416 e. The van der Waals surface area contributed by atoms with Gasteiger partial charge in [0.15, 0.2) is 0 Å². The second kappa shape index (κ2) is 9.78. The van der Waals surface area contributed by atoms with Crippen LogP contribution in [0.5, 0.6) is 0 Å². The van der Waals surface area contributed by atoms with Crippen molar-refractivity contribution in [2.24, 2.45) is 5.92 Å². The average molecular weight is 512 g/mol. The van der Waals surface area contributed by atoms with E-state index in [1.807, 2.05) is 11.7 Å². The summed E-state index contributed by atoms with van der Waals surface area (Å²) in [6.07, 6.45) is 2.71. The number of piperidine rings is 1. The van der Waals surface area contributed by atoms with E-state index in [4.69, 9.17) is 4.74 Å². The van der Waals surface area contributed by atoms with E-state index in [9.17, 15) is 22.4 Å². The Bertz CT molecular complexity index is 1030. The molecule has 0 spiro atoms. The molecule has 190 valence electrons. The zero-order chi connectivity index (χ0) is 24.6. The number of benzene rings is 1. The monoisotopic (exact) mass is 511 g/mol. The van der Waals surface area contributed by atoms with Gasteiger partial charge in [0.2, 0.25) is 0 Å². The van der Waals surface area contributed by atoms with Gasteiger partial charge >= 0.3 is 6.18 Å². The summed E-state index contributed by atoms with van der Waals surface area (Å²) >= 11 is 1.71. The number of aromatic nitrogens is 1. The van der Waals surface area contributed by atoms with E-state index in [1.165, 1.54) is 4.88 Å². The van der Waals surface area contributed by atoms with Crippen molar-refractivity contribution in [3.05, 3.63) is 51.7 Å². The van der Waals surface area contributed by atoms with Crippen molar-refractivity contribution in [3.63, 3.8) is 0 Å². The van der Waals surface area contributed by atoms with Crippen LogP contribution in [0.1, 0.15) is 60.4 Å². The fourth-order valence-corrected chi connectivity index (χ4v) is 6.32. The maximum Gasteiger partial charge on any atom is 0.416 e. The molecule has 1 saturated carbocycles. The summed E-state index contributed by atoms with van der Waals surface area (Å²) < 4.78 is 59.1. The van der Waals surface area contributed by atoms with Crippen molar-refractivity contribution in [1.29, 1.82) is 0 Å². The van der Waals surface area contributed by atoms with Crippen molar-refractivity contribution in [3.8, 4) is 0 Å². The highest BCUT2D eigenvalue weighted by molar-refractivity contribution is 7.09. The number of nitrogens with one attached hydrogen (secondary N) is 1. The molecule has 1 N–H and O–H groups in total. The summed E-state index contributed by atoms with van der Waals surface area (Å²) in [5.74, 6) is -0.601. The number of hydrogen-bond acceptors (Lipinski definition) is 5. The van der Waals surface area contributed by atoms with E-state index in [2.05, 4.69) is 15.2 Å². The van der Waals surface area contributed by atoms with Gasteiger partial charge in [-0.05, 0) is 87.2 Å². The Hall–Kier alpha value is -2.04. The first kappa shape index (κ1) is 24.6. The van der Waals surface area contributed by atoms with Crippen LogP contribution in [-0.2, 0) is 22.3 Å². The van der Waals surface area contributed by atoms with Gasteiger partial charge in [-0.3, -0.25) is 14.7 Å². The van der Waals surface area contributed by atoms with Crippen LogP contribution >= 0.6 is 11.3 Å². The Labute approximate surface area is 205 Å². The minimum Gasteiger partial charge on any atom is -0.363 e. The fourth-order valence-electron chi connectivity index (χ4n) is 5.53. The second-order valence-corrected chi connectivity index (χ2v) is 10.8. The highest BCUT2D eigenvalue weighted by Crippen LogP contribution is 2.47. The van der Waals surface area contributed by atoms with Gasteiger partial charge in [-0.1, -0.05) is 0 Å². The van der Waals surface area contributed by atoms with Crippen LogP contribution in [-0.4, -0.2) is 47.1 Å². The van der Waals surface area contributed by atoms with E-state index in [1.54, 1.807) is 11.3 Å². The predicted molar refractivity (Wildman–Crippen MR) is 123 cm³/mol. The molecule has 2 saturated heterocycles. The van der Waals surface area contributed by atoms with Crippen LogP contribution in [0.2, 0.25) is 0 Å². The highest BCUT2D eigenvalue weighted by Gasteiger charge is 2.54. The number of halogens is 4. The van der Waals surface area contributed by atoms with Gasteiger partial charge in [0.05, 0.1) is 17.7 Å². The van der Waals surface area contributed by atoms with E-state index >= 15 is 0 Å². The molecule has 0 radical (unpaired) electrons. The number of carbonyl (C=O) groups excluding carboxylic acids is 1. The molecular weight excluding hydrogens is 482 g/mol. The molecule has 3 fully saturated rings. The van der Waals surface area contributed by atoms with Crippen LogP contribution in [0.15, 0.2) is 29.9 Å². The zero-order valence-corrected chi connectivity index (χ0v) is 20.1. The first-order chi connectivity index (χ1) is 16.7. The van der Waals surface area contributed by atoms with Crippen LogP contribution in [0.25, 0.3) is 0 Å². The number of ether oxygens (including phenoxy) is 1. The molecule has 3 aliphatic rings. The average Bonchev–Trinajstić information content (AvgIpc) is 3.56. The zero-order valence-electron chi connectivity index (χ0n) is 19.3. The predicted octanol–water partition coefficient (Wildman–Crippen LogP) is 5.12. The second-order valence-electron chi connectivity index (χ2n) is 9.91. The first-order valence-electron chi connectivity index (χ1n) is 12.2. The van der Waals surface area contributed by atoms with Crippen LogP contribution in [0.3, 0.4) is 0 Å². The van der Waals surface area contributed by atoms with Gasteiger partial charge in [-0.2, -0.15) is 13.2 Å². The number of hydrogen-bond donors (Lipinski definition) is 1. The molecule has 5 nitrogen and oxygen atoms in total. The quantitative estimate of drug-likeness (QED) is 0.547. The Balaban J connectivity index is 1.18. The Kier molecular flexibility index (Phi) is 6.89. The third-order valence-electron chi connectivity index (χ3n) is 7.64.